The lowest BCUT2D eigenvalue weighted by Crippen LogP contribution is -2.26. The number of esters is 1. The molecule has 0 saturated carbocycles. The number of alkyl halides is 2. The molecule has 104 valence electrons. The van der Waals surface area contributed by atoms with Gasteiger partial charge in [0.2, 0.25) is 0 Å². The van der Waals surface area contributed by atoms with E-state index in [9.17, 15) is 13.6 Å². The smallest absolute Gasteiger partial charge is 0.377 e. The number of methoxy groups -OCH3 is 1. The van der Waals surface area contributed by atoms with Gasteiger partial charge >= 0.3 is 11.9 Å². The molecule has 0 spiro atoms. The summed E-state index contributed by atoms with van der Waals surface area (Å²) in [6.07, 6.45) is -1.32. The average molecular weight is 271 g/mol. The molecule has 19 heavy (non-hydrogen) atoms. The lowest BCUT2D eigenvalue weighted by molar-refractivity contribution is -0.159. The van der Waals surface area contributed by atoms with Crippen LogP contribution >= 0.6 is 0 Å². The van der Waals surface area contributed by atoms with Gasteiger partial charge in [0.25, 0.3) is 0 Å². The highest BCUT2D eigenvalue weighted by Crippen LogP contribution is 2.30. The molecular formula is C13H15F2NO3. The highest BCUT2D eigenvalue weighted by molar-refractivity contribution is 5.79. The van der Waals surface area contributed by atoms with Gasteiger partial charge in [-0.15, -0.1) is 0 Å². The van der Waals surface area contributed by atoms with Crippen molar-refractivity contribution < 1.29 is 23.0 Å². The van der Waals surface area contributed by atoms with Crippen molar-refractivity contribution in [3.05, 3.63) is 29.8 Å². The van der Waals surface area contributed by atoms with Gasteiger partial charge < -0.3 is 14.8 Å². The molecule has 1 saturated heterocycles. The molecule has 2 rings (SSSR count). The van der Waals surface area contributed by atoms with Crippen LogP contribution in [0.4, 0.5) is 8.78 Å². The minimum Gasteiger partial charge on any atom is -0.497 e. The SMILES string of the molecule is COc1ccc(CNCC2CC(F)(F)C(=O)O2)cc1. The van der Waals surface area contributed by atoms with Gasteiger partial charge in [0.15, 0.2) is 0 Å². The maximum Gasteiger partial charge on any atom is 0.377 e. The number of rotatable bonds is 5. The first-order chi connectivity index (χ1) is 9.01. The number of carbonyl (C=O) groups excluding carboxylic acids is 1. The number of cyclic esters (lactones) is 1. The molecule has 1 aliphatic heterocycles. The first-order valence-corrected chi connectivity index (χ1v) is 5.94. The van der Waals surface area contributed by atoms with Crippen molar-refractivity contribution in [1.82, 2.24) is 5.32 Å². The third kappa shape index (κ3) is 3.41. The second-order valence-corrected chi connectivity index (χ2v) is 4.41. The fraction of sp³-hybridized carbons (Fsp3) is 0.462. The molecule has 1 fully saturated rings. The van der Waals surface area contributed by atoms with Gasteiger partial charge in [0, 0.05) is 13.1 Å². The molecule has 1 aromatic carbocycles. The standard InChI is InChI=1S/C13H15F2NO3/c1-18-10-4-2-9(3-5-10)7-16-8-11-6-13(14,15)12(17)19-11/h2-5,11,16H,6-8H2,1H3. The maximum absolute atomic E-state index is 12.9. The highest BCUT2D eigenvalue weighted by Gasteiger charge is 2.50. The summed E-state index contributed by atoms with van der Waals surface area (Å²) in [6.45, 7) is 0.733. The van der Waals surface area contributed by atoms with Crippen molar-refractivity contribution in [2.45, 2.75) is 25.0 Å². The topological polar surface area (TPSA) is 47.6 Å². The molecule has 1 aliphatic rings. The Morgan fingerprint density at radius 3 is 2.63 bits per heavy atom. The van der Waals surface area contributed by atoms with Gasteiger partial charge in [-0.3, -0.25) is 0 Å². The Bertz CT molecular complexity index is 448. The van der Waals surface area contributed by atoms with Crippen LogP contribution in [0.15, 0.2) is 24.3 Å². The van der Waals surface area contributed by atoms with Gasteiger partial charge in [-0.1, -0.05) is 12.1 Å². The lowest BCUT2D eigenvalue weighted by atomic mass is 10.2. The average Bonchev–Trinajstić information content (AvgIpc) is 2.64. The van der Waals surface area contributed by atoms with Gasteiger partial charge in [-0.2, -0.15) is 8.78 Å². The monoisotopic (exact) mass is 271 g/mol. The second kappa shape index (κ2) is 5.52. The largest absolute Gasteiger partial charge is 0.497 e. The Morgan fingerprint density at radius 1 is 1.42 bits per heavy atom. The summed E-state index contributed by atoms with van der Waals surface area (Å²) >= 11 is 0. The molecule has 0 amide bonds. The number of halogens is 2. The van der Waals surface area contributed by atoms with E-state index < -0.39 is 24.4 Å². The number of ether oxygens (including phenoxy) is 2. The molecule has 0 radical (unpaired) electrons. The van der Waals surface area contributed by atoms with Crippen LogP contribution in [-0.4, -0.2) is 31.7 Å². The molecule has 4 nitrogen and oxygen atoms in total. The number of hydrogen-bond acceptors (Lipinski definition) is 4. The van der Waals surface area contributed by atoms with Crippen LogP contribution in [-0.2, 0) is 16.1 Å². The summed E-state index contributed by atoms with van der Waals surface area (Å²) < 4.78 is 35.4. The van der Waals surface area contributed by atoms with E-state index in [1.807, 2.05) is 24.3 Å². The fourth-order valence-corrected chi connectivity index (χ4v) is 1.88. The molecule has 0 bridgehead atoms. The van der Waals surface area contributed by atoms with E-state index in [4.69, 9.17) is 4.74 Å². The van der Waals surface area contributed by atoms with Crippen LogP contribution in [0.2, 0.25) is 0 Å². The molecule has 1 heterocycles. The number of benzene rings is 1. The van der Waals surface area contributed by atoms with Crippen LogP contribution in [0.3, 0.4) is 0 Å². The normalized spacial score (nSPS) is 21.2. The summed E-state index contributed by atoms with van der Waals surface area (Å²) in [7, 11) is 1.59. The Balaban J connectivity index is 1.76. The fourth-order valence-electron chi connectivity index (χ4n) is 1.88. The summed E-state index contributed by atoms with van der Waals surface area (Å²) in [5, 5.41) is 2.99. The van der Waals surface area contributed by atoms with Crippen molar-refractivity contribution >= 4 is 5.97 Å². The van der Waals surface area contributed by atoms with Gasteiger partial charge in [-0.05, 0) is 17.7 Å². The van der Waals surface area contributed by atoms with Crippen LogP contribution in [0.1, 0.15) is 12.0 Å². The third-order valence-corrected chi connectivity index (χ3v) is 2.92. The summed E-state index contributed by atoms with van der Waals surface area (Å²) in [6, 6.07) is 7.39. The van der Waals surface area contributed by atoms with Gasteiger partial charge in [0.1, 0.15) is 11.9 Å². The molecule has 6 heteroatoms. The molecule has 1 unspecified atom stereocenters. The van der Waals surface area contributed by atoms with Crippen LogP contribution in [0.25, 0.3) is 0 Å². The van der Waals surface area contributed by atoms with E-state index in [-0.39, 0.29) is 6.54 Å². The maximum atomic E-state index is 12.9. The molecular weight excluding hydrogens is 256 g/mol. The van der Waals surface area contributed by atoms with Gasteiger partial charge in [0.05, 0.1) is 13.5 Å². The molecule has 1 atom stereocenters. The van der Waals surface area contributed by atoms with E-state index in [1.54, 1.807) is 7.11 Å². The highest BCUT2D eigenvalue weighted by atomic mass is 19.3. The molecule has 1 N–H and O–H groups in total. The van der Waals surface area contributed by atoms with E-state index in [1.165, 1.54) is 0 Å². The third-order valence-electron chi connectivity index (χ3n) is 2.92. The number of hydrogen-bond donors (Lipinski definition) is 1. The quantitative estimate of drug-likeness (QED) is 0.829. The zero-order chi connectivity index (χ0) is 13.9. The van der Waals surface area contributed by atoms with Crippen molar-refractivity contribution in [2.24, 2.45) is 0 Å². The van der Waals surface area contributed by atoms with Crippen LogP contribution in [0, 0.1) is 0 Å². The van der Waals surface area contributed by atoms with E-state index in [2.05, 4.69) is 10.1 Å². The predicted molar refractivity (Wildman–Crippen MR) is 64.1 cm³/mol. The van der Waals surface area contributed by atoms with Crippen molar-refractivity contribution in [1.29, 1.82) is 0 Å². The number of nitrogens with one attached hydrogen (secondary N) is 1. The van der Waals surface area contributed by atoms with Crippen molar-refractivity contribution in [2.75, 3.05) is 13.7 Å². The Hall–Kier alpha value is -1.69. The first-order valence-electron chi connectivity index (χ1n) is 5.94. The first kappa shape index (κ1) is 13.7. The van der Waals surface area contributed by atoms with E-state index in [0.717, 1.165) is 11.3 Å². The Morgan fingerprint density at radius 2 is 2.11 bits per heavy atom. The lowest BCUT2D eigenvalue weighted by Gasteiger charge is -2.10. The molecule has 1 aromatic rings. The summed E-state index contributed by atoms with van der Waals surface area (Å²) in [5.41, 5.74) is 0.997. The van der Waals surface area contributed by atoms with Crippen LogP contribution in [0.5, 0.6) is 5.75 Å². The van der Waals surface area contributed by atoms with Crippen LogP contribution < -0.4 is 10.1 Å². The van der Waals surface area contributed by atoms with E-state index >= 15 is 0 Å². The van der Waals surface area contributed by atoms with Crippen molar-refractivity contribution in [3.63, 3.8) is 0 Å². The Kier molecular flexibility index (Phi) is 3.99. The number of carbonyl (C=O) groups is 1. The second-order valence-electron chi connectivity index (χ2n) is 4.41. The van der Waals surface area contributed by atoms with Gasteiger partial charge in [-0.25, -0.2) is 4.79 Å². The zero-order valence-electron chi connectivity index (χ0n) is 10.5. The summed E-state index contributed by atoms with van der Waals surface area (Å²) in [4.78, 5) is 10.8. The van der Waals surface area contributed by atoms with E-state index in [0.29, 0.717) is 6.54 Å². The molecule has 0 aliphatic carbocycles. The minimum atomic E-state index is -3.34. The molecule has 0 aromatic heterocycles. The Labute approximate surface area is 109 Å². The minimum absolute atomic E-state index is 0.216. The summed E-state index contributed by atoms with van der Waals surface area (Å²) in [5.74, 6) is -4.01. The predicted octanol–water partition coefficient (Wildman–Crippen LogP) is 1.74. The zero-order valence-corrected chi connectivity index (χ0v) is 10.5. The van der Waals surface area contributed by atoms with Crippen molar-refractivity contribution in [3.8, 4) is 5.75 Å².